The summed E-state index contributed by atoms with van der Waals surface area (Å²) < 4.78 is 203. The molecule has 4 aromatic carbocycles. The molecule has 30 nitrogen and oxygen atoms in total. The molecule has 0 aliphatic carbocycles. The molecule has 4 fully saturated rings. The van der Waals surface area contributed by atoms with Crippen LogP contribution < -0.4 is 42.1 Å². The van der Waals surface area contributed by atoms with Gasteiger partial charge in [0.2, 0.25) is 11.8 Å². The number of carbonyl (C=O) groups is 3. The summed E-state index contributed by atoms with van der Waals surface area (Å²) in [6.45, 7) is 27.7. The number of amides is 2. The van der Waals surface area contributed by atoms with Gasteiger partial charge < -0.3 is 39.3 Å². The van der Waals surface area contributed by atoms with E-state index in [1.807, 2.05) is 48.4 Å². The molecule has 4 unspecified atom stereocenters. The van der Waals surface area contributed by atoms with Gasteiger partial charge in [-0.25, -0.2) is 19.6 Å². The van der Waals surface area contributed by atoms with E-state index in [0.29, 0.717) is 149 Å². The number of nitrogens with one attached hydrogen (secondary N) is 1. The highest BCUT2D eigenvalue weighted by molar-refractivity contribution is 7.86. The zero-order valence-electron chi connectivity index (χ0n) is 76.4. The Labute approximate surface area is 767 Å². The van der Waals surface area contributed by atoms with Gasteiger partial charge in [0.05, 0.1) is 64.6 Å². The lowest BCUT2D eigenvalue weighted by atomic mass is 10.1. The largest absolute Gasteiger partial charge is 0.481 e. The highest BCUT2D eigenvalue weighted by atomic mass is 32.2. The Morgan fingerprint density at radius 2 is 0.918 bits per heavy atom. The highest BCUT2D eigenvalue weighted by Crippen LogP contribution is 2.39. The molecule has 4 aliphatic heterocycles. The molecule has 0 saturated carbocycles. The number of carboxylic acid groups (broad SMARTS) is 1. The molecular weight excluding hydrogens is 1830 g/mol. The van der Waals surface area contributed by atoms with Crippen LogP contribution in [0.25, 0.3) is 45.1 Å². The molecule has 2 amide bonds. The number of aromatic amines is 1. The number of anilines is 4. The number of nitrogens with zero attached hydrogens (tertiary/aromatic N) is 15. The number of imidazole rings is 2. The van der Waals surface area contributed by atoms with Gasteiger partial charge in [-0.05, 0) is 129 Å². The van der Waals surface area contributed by atoms with Crippen molar-refractivity contribution < 1.29 is 99.4 Å². The zero-order valence-corrected chi connectivity index (χ0v) is 79.2. The molecule has 4 aliphatic rings. The molecule has 6 aromatic heterocycles. The summed E-state index contributed by atoms with van der Waals surface area (Å²) in [4.78, 5) is 103. The van der Waals surface area contributed by atoms with Gasteiger partial charge >= 0.3 is 42.1 Å². The van der Waals surface area contributed by atoms with Gasteiger partial charge in [-0.3, -0.25) is 65.3 Å². The smallest absolute Gasteiger partial charge is 0.416 e. The molecule has 0 spiro atoms. The first-order chi connectivity index (χ1) is 62.9. The Hall–Kier alpha value is -11.0. The number of alkyl halides is 12. The second-order valence-electron chi connectivity index (χ2n) is 35.9. The van der Waals surface area contributed by atoms with Gasteiger partial charge in [0.1, 0.15) is 25.1 Å². The van der Waals surface area contributed by atoms with Gasteiger partial charge in [0.25, 0.3) is 21.2 Å². The Bertz CT molecular complexity index is 6080. The van der Waals surface area contributed by atoms with E-state index < -0.39 is 91.0 Å². The highest BCUT2D eigenvalue weighted by Gasteiger charge is 2.40. The number of halogens is 12. The molecule has 0 bridgehead atoms. The lowest BCUT2D eigenvalue weighted by Gasteiger charge is -2.20. The summed E-state index contributed by atoms with van der Waals surface area (Å²) in [7, 11) is -6.07. The van der Waals surface area contributed by atoms with Crippen LogP contribution in [0.2, 0.25) is 51.4 Å². The third-order valence-electron chi connectivity index (χ3n) is 22.6. The van der Waals surface area contributed by atoms with Crippen LogP contribution in [-0.2, 0) is 109 Å². The Kier molecular flexibility index (Phi) is 35.0. The van der Waals surface area contributed by atoms with E-state index >= 15 is 0 Å². The maximum atomic E-state index is 13.8. The predicted molar refractivity (Wildman–Crippen MR) is 488 cm³/mol. The second-order valence-corrected chi connectivity index (χ2v) is 48.8. The third kappa shape index (κ3) is 27.7. The van der Waals surface area contributed by atoms with E-state index in [9.17, 15) is 94.7 Å². The van der Waals surface area contributed by atoms with E-state index in [0.717, 1.165) is 84.1 Å². The Morgan fingerprint density at radius 3 is 1.31 bits per heavy atom. The molecule has 4 saturated heterocycles. The molecule has 10 heterocycles. The summed E-state index contributed by atoms with van der Waals surface area (Å²) in [5.74, 6) is -1.68. The van der Waals surface area contributed by atoms with Gasteiger partial charge in [-0.2, -0.15) is 71.3 Å². The SMILES string of the molecule is CCCn1c(=O)c2c(nc(-c3cn[nH]c3)n2COCC[Si](C)(C)C)n(CCC)c1=O.CCCn1c(=O)c2c(nc(-c3cnn(CC4CCN(c5cccc(C(F)(F)F)c5)C4)c3)n2COCC[Si](C)(C)C)n(CCC)c1=O.CS(=O)(=O)OCC1CCN(c2cccc(C(F)(F)F)c2)C1.O=C(O)C1CC(=O)N(c2cccc(C(F)(F)F)c2)C1.O=C1CC(CO)CN1c1cccc(C(F)(F)F)c1. The summed E-state index contributed by atoms with van der Waals surface area (Å²) in [6.07, 6.45) is -5.44. The van der Waals surface area contributed by atoms with Crippen molar-refractivity contribution in [2.24, 2.45) is 23.7 Å². The first kappa shape index (κ1) is 105. The van der Waals surface area contributed by atoms with Crippen molar-refractivity contribution in [1.82, 2.24) is 57.3 Å². The molecule has 4 atom stereocenters. The van der Waals surface area contributed by atoms with Crippen LogP contribution in [0.5, 0.6) is 0 Å². The Balaban J connectivity index is 0.000000183. The number of aryl methyl sites for hydroxylation is 2. The number of benzene rings is 4. The van der Waals surface area contributed by atoms with Crippen LogP contribution in [0, 0.1) is 23.7 Å². The van der Waals surface area contributed by atoms with Gasteiger partial charge in [-0.1, -0.05) is 91.2 Å². The number of aliphatic hydroxyl groups is 1. The fourth-order valence-electron chi connectivity index (χ4n) is 15.6. The normalized spacial score (nSPS) is 16.9. The standard InChI is InChI=1S/C32H44F3N7O3Si.C20H32N6O3Si.C13H16F3NO3S.C12H10F3NO3.C12H12F3NO2/c1-6-12-40-29-27(30(43)41(13-7-2)31(40)44)42(22-45-15-16-46(3,4)5)28(37-29)24-18-36-39(21-24)20-23-11-14-38(19-23)26-10-8-9-25(17-26)32(33,34)35;1-6-8-24-18-16(19(27)25(9-7-2)20(24)28)26(14-29-10-11-30(3,4)5)17(23-18)15-12-21-22-13-15;1-21(18,19)20-9-10-5-6-17(8-10)12-4-2-3-11(7-12)13(14,15)16;13-12(14,15)8-2-1-3-9(5-8)16-6-7(11(18)19)4-10(16)17;13-12(14,15)9-2-1-3-10(5-9)16-6-8(7-17)4-11(16)18/h8-10,17-18,21,23H,6-7,11-16,19-20,22H2,1-5H3;12-13H,6-11,14H2,1-5H3,(H,21,22);2-4,7,10H,5-6,8-9H2,1H3;1-3,5,7H,4,6H2,(H,18,19);1-3,5,8,17H,4,6-7H2. The van der Waals surface area contributed by atoms with E-state index in [1.54, 1.807) is 49.0 Å². The summed E-state index contributed by atoms with van der Waals surface area (Å²) >= 11 is 0. The van der Waals surface area contributed by atoms with E-state index in [4.69, 9.17) is 33.8 Å². The molecule has 3 N–H and O–H groups in total. The minimum atomic E-state index is -4.50. The van der Waals surface area contributed by atoms with Gasteiger partial charge in [0.15, 0.2) is 22.3 Å². The lowest BCUT2D eigenvalue weighted by molar-refractivity contribution is -0.142. The first-order valence-electron chi connectivity index (χ1n) is 44.1. The van der Waals surface area contributed by atoms with Crippen molar-refractivity contribution in [3.8, 4) is 22.8 Å². The van der Waals surface area contributed by atoms with Crippen molar-refractivity contribution in [3.05, 3.63) is 186 Å². The number of fused-ring (bicyclic) bond motifs is 2. The number of carbonyl (C=O) groups excluding carboxylic acids is 2. The number of aliphatic carboxylic acids is 1. The van der Waals surface area contributed by atoms with E-state index in [-0.39, 0.29) is 110 Å². The number of H-pyrrole nitrogens is 1. The fraction of sp³-hybridized carbons (Fsp3) is 0.517. The number of aromatic nitrogens is 12. The van der Waals surface area contributed by atoms with Crippen LogP contribution in [0.4, 0.5) is 75.4 Å². The summed E-state index contributed by atoms with van der Waals surface area (Å²) in [5, 5.41) is 29.2. The lowest BCUT2D eigenvalue weighted by Crippen LogP contribution is -2.40. The van der Waals surface area contributed by atoms with E-state index in [1.165, 1.54) is 56.5 Å². The maximum absolute atomic E-state index is 13.8. The van der Waals surface area contributed by atoms with Gasteiger partial charge in [0, 0.05) is 168 Å². The van der Waals surface area contributed by atoms with Crippen molar-refractivity contribution in [2.45, 2.75) is 201 Å². The topological polar surface area (TPSA) is 337 Å². The minimum absolute atomic E-state index is 0.00531. The quantitative estimate of drug-likeness (QED) is 0.0157. The number of hydrogen-bond acceptors (Lipinski definition) is 19. The second kappa shape index (κ2) is 44.7. The molecule has 14 rings (SSSR count). The van der Waals surface area contributed by atoms with Crippen LogP contribution in [-0.4, -0.2) is 182 Å². The molecule has 0 radical (unpaired) electrons. The van der Waals surface area contributed by atoms with Crippen molar-refractivity contribution >= 4 is 89.1 Å². The minimum Gasteiger partial charge on any atom is -0.481 e. The zero-order chi connectivity index (χ0) is 98.3. The molecular formula is C89H114F12N16O14SSi2. The number of hydrogen-bond donors (Lipinski definition) is 3. The van der Waals surface area contributed by atoms with Crippen LogP contribution in [0.1, 0.15) is 101 Å². The van der Waals surface area contributed by atoms with Crippen molar-refractivity contribution in [3.63, 3.8) is 0 Å². The molecule has 45 heteroatoms. The molecule has 10 aromatic rings. The first-order valence-corrected chi connectivity index (χ1v) is 53.3. The Morgan fingerprint density at radius 1 is 0.515 bits per heavy atom. The van der Waals surface area contributed by atoms with Crippen LogP contribution in [0.15, 0.2) is 141 Å². The number of rotatable bonds is 31. The monoisotopic (exact) mass is 1950 g/mol. The van der Waals surface area contributed by atoms with Crippen molar-refractivity contribution in [1.29, 1.82) is 0 Å². The van der Waals surface area contributed by atoms with Crippen LogP contribution in [0.3, 0.4) is 0 Å². The third-order valence-corrected chi connectivity index (χ3v) is 26.6. The van der Waals surface area contributed by atoms with E-state index in [2.05, 4.69) is 54.6 Å². The molecule has 134 heavy (non-hydrogen) atoms. The average molecular weight is 1950 g/mol. The molecule has 732 valence electrons. The summed E-state index contributed by atoms with van der Waals surface area (Å²) in [5.41, 5.74) is -0.0617. The predicted octanol–water partition coefficient (Wildman–Crippen LogP) is 15.5. The maximum Gasteiger partial charge on any atom is 0.416 e. The summed E-state index contributed by atoms with van der Waals surface area (Å²) in [6, 6.07) is 21.6. The number of carboxylic acids is 1. The van der Waals surface area contributed by atoms with Gasteiger partial charge in [-0.15, -0.1) is 0 Å². The average Bonchev–Trinajstić information content (AvgIpc) is 1.59. The fourth-order valence-corrected chi connectivity index (χ4v) is 17.6. The van der Waals surface area contributed by atoms with Crippen LogP contribution >= 0.6 is 0 Å². The number of aliphatic hydroxyl groups excluding tert-OH is 1. The van der Waals surface area contributed by atoms with Crippen molar-refractivity contribution in [2.75, 3.05) is 91.6 Å². The number of ether oxygens (including phenoxy) is 2.